The summed E-state index contributed by atoms with van der Waals surface area (Å²) in [4.78, 5) is 11.7. The first kappa shape index (κ1) is 22.3. The number of rotatable bonds is 7. The lowest BCUT2D eigenvalue weighted by molar-refractivity contribution is -0.136. The highest BCUT2D eigenvalue weighted by atomic mass is 35.5. The number of ether oxygens (including phenoxy) is 1. The number of halogens is 2. The Morgan fingerprint density at radius 2 is 1.97 bits per heavy atom. The van der Waals surface area contributed by atoms with Gasteiger partial charge in [-0.15, -0.1) is 11.3 Å². The van der Waals surface area contributed by atoms with Crippen molar-refractivity contribution in [2.24, 2.45) is 0 Å². The van der Waals surface area contributed by atoms with Crippen molar-refractivity contribution in [3.05, 3.63) is 71.1 Å². The average molecular weight is 494 g/mol. The van der Waals surface area contributed by atoms with Crippen molar-refractivity contribution in [2.45, 2.75) is 17.1 Å². The van der Waals surface area contributed by atoms with Gasteiger partial charge >= 0.3 is 5.97 Å². The molecule has 0 atom stereocenters. The zero-order chi connectivity index (χ0) is 23.0. The van der Waals surface area contributed by atoms with E-state index in [9.17, 15) is 17.6 Å². The normalized spacial score (nSPS) is 11.7. The maximum absolute atomic E-state index is 13.5. The van der Waals surface area contributed by atoms with Gasteiger partial charge in [-0.3, -0.25) is 4.79 Å². The molecule has 2 aromatic heterocycles. The molecule has 10 heteroatoms. The van der Waals surface area contributed by atoms with Crippen LogP contribution < -0.4 is 4.74 Å². The van der Waals surface area contributed by atoms with Crippen molar-refractivity contribution in [3.63, 3.8) is 0 Å². The van der Waals surface area contributed by atoms with Crippen LogP contribution in [0.3, 0.4) is 0 Å². The second kappa shape index (κ2) is 8.57. The molecule has 0 aliphatic heterocycles. The van der Waals surface area contributed by atoms with E-state index in [2.05, 4.69) is 0 Å². The number of aromatic nitrogens is 1. The monoisotopic (exact) mass is 493 g/mol. The highest BCUT2D eigenvalue weighted by Crippen LogP contribution is 2.36. The third kappa shape index (κ3) is 4.11. The second-order valence-corrected chi connectivity index (χ2v) is 10.5. The van der Waals surface area contributed by atoms with Gasteiger partial charge in [-0.1, -0.05) is 17.7 Å². The van der Waals surface area contributed by atoms with Crippen LogP contribution in [0.5, 0.6) is 5.75 Å². The number of aliphatic carboxylic acids is 1. The van der Waals surface area contributed by atoms with E-state index in [4.69, 9.17) is 21.4 Å². The van der Waals surface area contributed by atoms with E-state index in [-0.39, 0.29) is 22.1 Å². The minimum atomic E-state index is -3.97. The molecule has 2 heterocycles. The van der Waals surface area contributed by atoms with Crippen molar-refractivity contribution < 1.29 is 27.4 Å². The predicted molar refractivity (Wildman–Crippen MR) is 122 cm³/mol. The molecule has 1 N–H and O–H groups in total. The van der Waals surface area contributed by atoms with Crippen LogP contribution in [-0.4, -0.2) is 30.6 Å². The molecule has 0 aliphatic rings. The first-order valence-electron chi connectivity index (χ1n) is 9.41. The maximum Gasteiger partial charge on any atom is 0.303 e. The zero-order valence-electron chi connectivity index (χ0n) is 16.7. The number of hydrogen-bond donors (Lipinski definition) is 1. The number of carboxylic acids is 1. The molecule has 32 heavy (non-hydrogen) atoms. The summed E-state index contributed by atoms with van der Waals surface area (Å²) in [5.41, 5.74) is 1.62. The van der Waals surface area contributed by atoms with Crippen molar-refractivity contribution in [2.75, 3.05) is 7.11 Å². The second-order valence-electron chi connectivity index (χ2n) is 6.98. The minimum absolute atomic E-state index is 0.0475. The lowest BCUT2D eigenvalue weighted by atomic mass is 10.1. The minimum Gasteiger partial charge on any atom is -0.497 e. The standard InChI is InChI=1S/C22H17ClFNO5S2/c1-30-15-4-6-19-16(11-15)14(3-8-21(26)27)12-25(19)32(28,29)22-9-7-20(31-22)13-2-5-18(24)17(23)10-13/h2,4-7,9-12H,3,8H2,1H3,(H,26,27). The molecule has 6 nitrogen and oxygen atoms in total. The molecule has 0 spiro atoms. The molecule has 0 amide bonds. The van der Waals surface area contributed by atoms with Gasteiger partial charge in [-0.2, -0.15) is 8.42 Å². The molecule has 0 fully saturated rings. The summed E-state index contributed by atoms with van der Waals surface area (Å²) in [5.74, 6) is -0.990. The molecular formula is C22H17ClFNO5S2. The summed E-state index contributed by atoms with van der Waals surface area (Å²) in [7, 11) is -2.47. The van der Waals surface area contributed by atoms with E-state index in [0.717, 1.165) is 15.3 Å². The molecule has 0 saturated heterocycles. The largest absolute Gasteiger partial charge is 0.497 e. The summed E-state index contributed by atoms with van der Waals surface area (Å²) in [6, 6.07) is 12.3. The number of carbonyl (C=O) groups is 1. The van der Waals surface area contributed by atoms with Gasteiger partial charge in [-0.05, 0) is 60.0 Å². The van der Waals surface area contributed by atoms with Crippen LogP contribution in [0.1, 0.15) is 12.0 Å². The fourth-order valence-electron chi connectivity index (χ4n) is 3.37. The summed E-state index contributed by atoms with van der Waals surface area (Å²) < 4.78 is 46.9. The zero-order valence-corrected chi connectivity index (χ0v) is 19.1. The summed E-state index contributed by atoms with van der Waals surface area (Å²) in [6.07, 6.45) is 1.49. The molecule has 4 aromatic rings. The smallest absolute Gasteiger partial charge is 0.303 e. The van der Waals surface area contributed by atoms with Crippen LogP contribution in [-0.2, 0) is 21.2 Å². The van der Waals surface area contributed by atoms with E-state index < -0.39 is 21.8 Å². The topological polar surface area (TPSA) is 85.6 Å². The van der Waals surface area contributed by atoms with Crippen LogP contribution in [0, 0.1) is 5.82 Å². The first-order valence-corrected chi connectivity index (χ1v) is 12.0. The number of carboxylic acid groups (broad SMARTS) is 1. The highest BCUT2D eigenvalue weighted by molar-refractivity contribution is 7.92. The van der Waals surface area contributed by atoms with Gasteiger partial charge in [0.15, 0.2) is 0 Å². The maximum atomic E-state index is 13.5. The fourth-order valence-corrected chi connectivity index (χ4v) is 6.34. The van der Waals surface area contributed by atoms with Crippen LogP contribution in [0.4, 0.5) is 4.39 Å². The molecule has 2 aromatic carbocycles. The third-order valence-electron chi connectivity index (χ3n) is 4.97. The van der Waals surface area contributed by atoms with Crippen LogP contribution in [0.15, 0.2) is 58.9 Å². The van der Waals surface area contributed by atoms with Crippen molar-refractivity contribution >= 4 is 49.8 Å². The van der Waals surface area contributed by atoms with Crippen LogP contribution in [0.2, 0.25) is 5.02 Å². The van der Waals surface area contributed by atoms with Gasteiger partial charge in [0, 0.05) is 22.9 Å². The van der Waals surface area contributed by atoms with Gasteiger partial charge in [0.2, 0.25) is 0 Å². The molecular weight excluding hydrogens is 477 g/mol. The van der Waals surface area contributed by atoms with Gasteiger partial charge < -0.3 is 9.84 Å². The lowest BCUT2D eigenvalue weighted by Crippen LogP contribution is -2.10. The van der Waals surface area contributed by atoms with E-state index in [1.165, 1.54) is 37.6 Å². The molecule has 166 valence electrons. The summed E-state index contributed by atoms with van der Waals surface area (Å²) >= 11 is 6.89. The number of thiophene rings is 1. The van der Waals surface area contributed by atoms with Crippen LogP contribution >= 0.6 is 22.9 Å². The fraction of sp³-hybridized carbons (Fsp3) is 0.136. The van der Waals surface area contributed by atoms with Gasteiger partial charge in [0.1, 0.15) is 15.8 Å². The Kier molecular flexibility index (Phi) is 5.98. The Morgan fingerprint density at radius 3 is 2.66 bits per heavy atom. The Bertz CT molecular complexity index is 1440. The SMILES string of the molecule is COc1ccc2c(c1)c(CCC(=O)O)cn2S(=O)(=O)c1ccc(-c2ccc(F)c(Cl)c2)s1. The van der Waals surface area contributed by atoms with E-state index in [1.54, 1.807) is 24.3 Å². The van der Waals surface area contributed by atoms with E-state index >= 15 is 0 Å². The molecule has 4 rings (SSSR count). The summed E-state index contributed by atoms with van der Waals surface area (Å²) in [6.45, 7) is 0. The Balaban J connectivity index is 1.80. The van der Waals surface area contributed by atoms with E-state index in [1.807, 2.05) is 0 Å². The molecule has 0 bridgehead atoms. The molecule has 0 radical (unpaired) electrons. The predicted octanol–water partition coefficient (Wildman–Crippen LogP) is 5.43. The van der Waals surface area contributed by atoms with Gasteiger partial charge in [-0.25, -0.2) is 8.36 Å². The molecule has 0 saturated carbocycles. The van der Waals surface area contributed by atoms with Crippen molar-refractivity contribution in [1.29, 1.82) is 0 Å². The van der Waals surface area contributed by atoms with Gasteiger partial charge in [0.25, 0.3) is 10.0 Å². The quantitative estimate of drug-likeness (QED) is 0.371. The van der Waals surface area contributed by atoms with Crippen molar-refractivity contribution in [3.8, 4) is 16.2 Å². The summed E-state index contributed by atoms with van der Waals surface area (Å²) in [5, 5.41) is 9.62. The number of methoxy groups -OCH3 is 1. The first-order chi connectivity index (χ1) is 15.2. The Labute approximate surface area is 192 Å². The highest BCUT2D eigenvalue weighted by Gasteiger charge is 2.24. The molecule has 0 unspecified atom stereocenters. The number of nitrogens with zero attached hydrogens (tertiary/aromatic N) is 1. The van der Waals surface area contributed by atoms with E-state index in [0.29, 0.717) is 32.7 Å². The number of fused-ring (bicyclic) bond motifs is 1. The molecule has 0 aliphatic carbocycles. The average Bonchev–Trinajstić information content (AvgIpc) is 3.40. The number of aryl methyl sites for hydroxylation is 1. The number of benzene rings is 2. The Hall–Kier alpha value is -2.88. The lowest BCUT2D eigenvalue weighted by Gasteiger charge is -2.06. The van der Waals surface area contributed by atoms with Crippen molar-refractivity contribution in [1.82, 2.24) is 3.97 Å². The third-order valence-corrected chi connectivity index (χ3v) is 8.53. The number of hydrogen-bond acceptors (Lipinski definition) is 5. The van der Waals surface area contributed by atoms with Gasteiger partial charge in [0.05, 0.1) is 17.6 Å². The van der Waals surface area contributed by atoms with Crippen LogP contribution in [0.25, 0.3) is 21.3 Å². The Morgan fingerprint density at radius 1 is 1.19 bits per heavy atom.